The van der Waals surface area contributed by atoms with E-state index in [0.29, 0.717) is 89.1 Å². The zero-order chi connectivity index (χ0) is 55.4. The smallest absolute Gasteiger partial charge is 0.161 e. The zero-order valence-corrected chi connectivity index (χ0v) is 48.4. The van der Waals surface area contributed by atoms with Crippen LogP contribution in [0.2, 0.25) is 0 Å². The molecule has 1 N–H and O–H groups in total. The highest BCUT2D eigenvalue weighted by Crippen LogP contribution is 2.46. The van der Waals surface area contributed by atoms with Gasteiger partial charge in [-0.3, -0.25) is 0 Å². The molecule has 0 bridgehead atoms. The molecule has 0 saturated carbocycles. The van der Waals surface area contributed by atoms with Crippen molar-refractivity contribution in [2.75, 3.05) is 92.5 Å². The summed E-state index contributed by atoms with van der Waals surface area (Å²) < 4.78 is 85.5. The van der Waals surface area contributed by atoms with Crippen molar-refractivity contribution in [3.05, 3.63) is 93.0 Å². The van der Waals surface area contributed by atoms with E-state index in [9.17, 15) is 5.11 Å². The number of aryl methyl sites for hydroxylation is 4. The van der Waals surface area contributed by atoms with Gasteiger partial charge in [-0.2, -0.15) is 0 Å². The number of hydrogen-bond acceptors (Lipinski definition) is 15. The Balaban J connectivity index is 0.914. The van der Waals surface area contributed by atoms with Crippen LogP contribution in [0.25, 0.3) is 0 Å². The van der Waals surface area contributed by atoms with Crippen molar-refractivity contribution in [3.8, 4) is 46.0 Å². The minimum Gasteiger partial charge on any atom is -0.487 e. The topological polar surface area (TPSA) is 169 Å². The maximum atomic E-state index is 11.8. The van der Waals surface area contributed by atoms with Gasteiger partial charge in [0.2, 0.25) is 0 Å². The second-order valence-electron chi connectivity index (χ2n) is 22.5. The number of ether oxygens (including phenoxy) is 14. The summed E-state index contributed by atoms with van der Waals surface area (Å²) in [6.07, 6.45) is 10.6. The van der Waals surface area contributed by atoms with Crippen LogP contribution < -0.4 is 37.9 Å². The Morgan fingerprint density at radius 1 is 0.338 bits per heavy atom. The standard InChI is InChI=1S/C65H88O15/c1-7-13-41-19-58(62(77-37-48-31-69-48)23-54(41)52(17-11-5)56-25-64(79-39-50-33-71-50)60(21-43(56)15-9-3)75-35-46-29-67-46)73-27-45(66)28-74-59-20-42(14-8-2)55(24-63(59)78-38-49-32-70-49)53(18-12-6)57-26-65(80-40-51-34-72-51)61(22-44(57)16-10-4)76-36-47-30-68-47/h19-26,45-53,66H,7-18,27-40H2,1-6H3. The Morgan fingerprint density at radius 3 is 0.750 bits per heavy atom. The highest BCUT2D eigenvalue weighted by Gasteiger charge is 2.33. The molecule has 6 aliphatic rings. The third-order valence-corrected chi connectivity index (χ3v) is 15.4. The van der Waals surface area contributed by atoms with Crippen LogP contribution in [0.4, 0.5) is 0 Å². The minimum absolute atomic E-state index is 0.0194. The molecule has 80 heavy (non-hydrogen) atoms. The predicted molar refractivity (Wildman–Crippen MR) is 304 cm³/mol. The highest BCUT2D eigenvalue weighted by atomic mass is 16.6. The summed E-state index contributed by atoms with van der Waals surface area (Å²) in [5, 5.41) is 11.8. The van der Waals surface area contributed by atoms with Gasteiger partial charge < -0.3 is 71.4 Å². The van der Waals surface area contributed by atoms with Gasteiger partial charge in [0.25, 0.3) is 0 Å². The van der Waals surface area contributed by atoms with Crippen molar-refractivity contribution in [1.29, 1.82) is 0 Å². The number of epoxide rings is 6. The van der Waals surface area contributed by atoms with Crippen LogP contribution in [0.3, 0.4) is 0 Å². The number of hydrogen-bond donors (Lipinski definition) is 1. The lowest BCUT2D eigenvalue weighted by Gasteiger charge is -2.27. The van der Waals surface area contributed by atoms with Gasteiger partial charge in [0.05, 0.1) is 39.6 Å². The van der Waals surface area contributed by atoms with Gasteiger partial charge in [-0.05, 0) is 132 Å². The van der Waals surface area contributed by atoms with E-state index in [4.69, 9.17) is 66.3 Å². The van der Waals surface area contributed by atoms with E-state index in [2.05, 4.69) is 90.1 Å². The van der Waals surface area contributed by atoms with Gasteiger partial charge in [0.15, 0.2) is 46.0 Å². The third-order valence-electron chi connectivity index (χ3n) is 15.4. The van der Waals surface area contributed by atoms with Gasteiger partial charge in [-0.1, -0.05) is 80.1 Å². The SMILES string of the molecule is CCCc1cc(OCC(O)COc2cc(CCC)c(C(CCC)c3cc(OCC4CO4)c(OCC4CO4)cc3CCC)cc2OCC2CO2)c(OCC2CO2)cc1C(CCC)c1cc(OCC2CO2)c(OCC2CO2)cc1CCC. The molecule has 6 saturated heterocycles. The molecule has 0 spiro atoms. The van der Waals surface area contributed by atoms with Crippen LogP contribution in [0.15, 0.2) is 48.5 Å². The summed E-state index contributed by atoms with van der Waals surface area (Å²) in [4.78, 5) is 0. The van der Waals surface area contributed by atoms with Crippen LogP contribution >= 0.6 is 0 Å². The van der Waals surface area contributed by atoms with Crippen LogP contribution in [-0.2, 0) is 54.1 Å². The maximum absolute atomic E-state index is 11.8. The lowest BCUT2D eigenvalue weighted by Crippen LogP contribution is -2.25. The van der Waals surface area contributed by atoms with E-state index >= 15 is 0 Å². The molecule has 438 valence electrons. The highest BCUT2D eigenvalue weighted by molar-refractivity contribution is 5.57. The number of benzene rings is 4. The van der Waals surface area contributed by atoms with E-state index < -0.39 is 6.10 Å². The second-order valence-corrected chi connectivity index (χ2v) is 22.5. The Bertz CT molecular complexity index is 2440. The molecule has 0 aliphatic carbocycles. The molecule has 0 amide bonds. The zero-order valence-electron chi connectivity index (χ0n) is 48.4. The third kappa shape index (κ3) is 16.6. The van der Waals surface area contributed by atoms with Crippen LogP contribution in [-0.4, -0.2) is 140 Å². The van der Waals surface area contributed by atoms with Crippen LogP contribution in [0.1, 0.15) is 149 Å². The fourth-order valence-electron chi connectivity index (χ4n) is 10.7. The molecule has 8 unspecified atom stereocenters. The monoisotopic (exact) mass is 1110 g/mol. The Labute approximate surface area is 474 Å². The molecule has 4 aromatic carbocycles. The molecular formula is C65H88O15. The fourth-order valence-corrected chi connectivity index (χ4v) is 10.7. The first-order valence-electron chi connectivity index (χ1n) is 30.3. The van der Waals surface area contributed by atoms with Crippen LogP contribution in [0, 0.1) is 0 Å². The summed E-state index contributed by atoms with van der Waals surface area (Å²) in [6, 6.07) is 17.4. The lowest BCUT2D eigenvalue weighted by atomic mass is 9.80. The quantitative estimate of drug-likeness (QED) is 0.0417. The van der Waals surface area contributed by atoms with Crippen molar-refractivity contribution < 1.29 is 71.4 Å². The number of aliphatic hydroxyl groups excluding tert-OH is 1. The maximum Gasteiger partial charge on any atom is 0.161 e. The molecule has 0 radical (unpaired) electrons. The molecule has 15 heteroatoms. The Hall–Kier alpha value is -5.00. The first kappa shape index (κ1) is 58.2. The molecule has 6 heterocycles. The molecule has 10 rings (SSSR count). The molecule has 6 fully saturated rings. The number of rotatable bonds is 40. The first-order chi connectivity index (χ1) is 39.2. The lowest BCUT2D eigenvalue weighted by molar-refractivity contribution is 0.0598. The van der Waals surface area contributed by atoms with Gasteiger partial charge in [0.1, 0.15) is 95.6 Å². The van der Waals surface area contributed by atoms with Crippen molar-refractivity contribution in [3.63, 3.8) is 0 Å². The number of aliphatic hydroxyl groups is 1. The van der Waals surface area contributed by atoms with Crippen LogP contribution in [0.5, 0.6) is 46.0 Å². The van der Waals surface area contributed by atoms with E-state index in [1.54, 1.807) is 0 Å². The molecule has 8 atom stereocenters. The molecule has 4 aromatic rings. The summed E-state index contributed by atoms with van der Waals surface area (Å²) in [7, 11) is 0. The van der Waals surface area contributed by atoms with Gasteiger partial charge in [-0.25, -0.2) is 0 Å². The summed E-state index contributed by atoms with van der Waals surface area (Å²) in [5.41, 5.74) is 9.72. The first-order valence-corrected chi connectivity index (χ1v) is 30.3. The molecular weight excluding hydrogens is 1020 g/mol. The molecule has 15 nitrogen and oxygen atoms in total. The van der Waals surface area contributed by atoms with Crippen molar-refractivity contribution in [2.24, 2.45) is 0 Å². The van der Waals surface area contributed by atoms with E-state index in [1.165, 1.54) is 44.5 Å². The fraction of sp³-hybridized carbons (Fsp3) is 0.631. The van der Waals surface area contributed by atoms with E-state index in [-0.39, 0.29) is 61.7 Å². The Morgan fingerprint density at radius 2 is 0.550 bits per heavy atom. The summed E-state index contributed by atoms with van der Waals surface area (Å²) >= 11 is 0. The van der Waals surface area contributed by atoms with E-state index in [1.807, 2.05) is 0 Å². The molecule has 0 aromatic heterocycles. The normalized spacial score (nSPS) is 22.2. The minimum atomic E-state index is -0.981. The van der Waals surface area contributed by atoms with Gasteiger partial charge in [-0.15, -0.1) is 0 Å². The van der Waals surface area contributed by atoms with Crippen molar-refractivity contribution in [1.82, 2.24) is 0 Å². The second kappa shape index (κ2) is 28.3. The van der Waals surface area contributed by atoms with E-state index in [0.717, 1.165) is 113 Å². The van der Waals surface area contributed by atoms with Gasteiger partial charge >= 0.3 is 0 Å². The Kier molecular flexibility index (Phi) is 20.6. The predicted octanol–water partition coefficient (Wildman–Crippen LogP) is 10.8. The van der Waals surface area contributed by atoms with Crippen molar-refractivity contribution in [2.45, 2.75) is 173 Å². The van der Waals surface area contributed by atoms with Crippen molar-refractivity contribution >= 4 is 0 Å². The van der Waals surface area contributed by atoms with Gasteiger partial charge in [0, 0.05) is 11.8 Å². The largest absolute Gasteiger partial charge is 0.487 e. The summed E-state index contributed by atoms with van der Waals surface area (Å²) in [6.45, 7) is 20.2. The average molecular weight is 1110 g/mol. The summed E-state index contributed by atoms with van der Waals surface area (Å²) in [5.74, 6) is 5.47. The average Bonchev–Trinajstić information content (AvgIpc) is 4.24. The molecule has 6 aliphatic heterocycles.